The van der Waals surface area contributed by atoms with Crippen molar-refractivity contribution in [1.82, 2.24) is 9.97 Å². The number of carbonyl (C=O) groups is 1. The average Bonchev–Trinajstić information content (AvgIpc) is 3.25. The Morgan fingerprint density at radius 3 is 2.42 bits per heavy atom. The number of rotatable bonds is 8. The maximum absolute atomic E-state index is 12.2. The van der Waals surface area contributed by atoms with Crippen molar-refractivity contribution < 1.29 is 9.53 Å². The molecule has 0 atom stereocenters. The highest BCUT2D eigenvalue weighted by Crippen LogP contribution is 2.35. The topological polar surface area (TPSA) is 70.2 Å². The zero-order valence-corrected chi connectivity index (χ0v) is 21.6. The normalized spacial score (nSPS) is 13.1. The number of fused-ring (bicyclic) bond motifs is 1. The monoisotopic (exact) mass is 456 g/mol. The van der Waals surface area contributed by atoms with Crippen LogP contribution in [-0.4, -0.2) is 35.8 Å². The molecule has 1 saturated carbocycles. The predicted molar refractivity (Wildman–Crippen MR) is 141 cm³/mol. The van der Waals surface area contributed by atoms with Crippen LogP contribution in [0.1, 0.15) is 98.2 Å². The predicted octanol–water partition coefficient (Wildman–Crippen LogP) is 7.47. The fraction of sp³-hybridized carbons (Fsp3) is 0.630. The summed E-state index contributed by atoms with van der Waals surface area (Å²) in [6.07, 6.45) is 12.4. The lowest BCUT2D eigenvalue weighted by atomic mass is 9.89. The lowest BCUT2D eigenvalue weighted by molar-refractivity contribution is 0.160. The molecule has 6 heteroatoms. The molecule has 0 spiro atoms. The average molecular weight is 457 g/mol. The molecule has 2 aromatic rings. The number of hydrogen-bond acceptors (Lipinski definition) is 4. The van der Waals surface area contributed by atoms with Gasteiger partial charge in [0.2, 0.25) is 0 Å². The van der Waals surface area contributed by atoms with Gasteiger partial charge < -0.3 is 14.6 Å². The van der Waals surface area contributed by atoms with Gasteiger partial charge in [-0.05, 0) is 52.2 Å². The van der Waals surface area contributed by atoms with E-state index in [0.717, 1.165) is 54.2 Å². The van der Waals surface area contributed by atoms with Crippen molar-refractivity contribution in [2.75, 3.05) is 29.9 Å². The zero-order valence-electron chi connectivity index (χ0n) is 21.6. The Hall–Kier alpha value is -2.68. The van der Waals surface area contributed by atoms with Crippen molar-refractivity contribution in [3.8, 4) is 12.3 Å². The van der Waals surface area contributed by atoms with Crippen LogP contribution in [0.4, 0.5) is 16.2 Å². The molecular formula is C27H44N4O2. The zero-order chi connectivity index (χ0) is 24.6. The molecule has 3 rings (SSSR count). The molecule has 0 unspecified atom stereocenters. The van der Waals surface area contributed by atoms with Crippen LogP contribution in [0, 0.1) is 12.3 Å². The van der Waals surface area contributed by atoms with E-state index >= 15 is 0 Å². The minimum Gasteiger partial charge on any atom is -0.449 e. The van der Waals surface area contributed by atoms with E-state index in [9.17, 15) is 4.79 Å². The van der Waals surface area contributed by atoms with Gasteiger partial charge in [0.25, 0.3) is 0 Å². The Kier molecular flexibility index (Phi) is 13.8. The number of aromatic amines is 1. The van der Waals surface area contributed by atoms with E-state index in [4.69, 9.17) is 9.72 Å². The fourth-order valence-electron chi connectivity index (χ4n) is 4.02. The molecule has 1 aromatic carbocycles. The summed E-state index contributed by atoms with van der Waals surface area (Å²) in [5.41, 5.74) is 3.70. The number of hydrogen-bond donors (Lipinski definition) is 2. The van der Waals surface area contributed by atoms with E-state index in [1.54, 1.807) is 6.92 Å². The molecule has 1 amide bonds. The van der Waals surface area contributed by atoms with Gasteiger partial charge >= 0.3 is 6.09 Å². The first-order valence-corrected chi connectivity index (χ1v) is 12.7. The number of nitrogens with one attached hydrogen (secondary N) is 2. The Morgan fingerprint density at radius 2 is 1.85 bits per heavy atom. The first-order chi connectivity index (χ1) is 16.1. The molecule has 1 aliphatic carbocycles. The first kappa shape index (κ1) is 28.4. The summed E-state index contributed by atoms with van der Waals surface area (Å²) in [4.78, 5) is 22.9. The quantitative estimate of drug-likeness (QED) is 0.319. The van der Waals surface area contributed by atoms with Gasteiger partial charge in [-0.1, -0.05) is 46.5 Å². The molecular weight excluding hydrogens is 412 g/mol. The number of amides is 1. The summed E-state index contributed by atoms with van der Waals surface area (Å²) in [7, 11) is 0. The summed E-state index contributed by atoms with van der Waals surface area (Å²) >= 11 is 0. The number of H-pyrrole nitrogens is 1. The van der Waals surface area contributed by atoms with E-state index in [1.165, 1.54) is 32.1 Å². The van der Waals surface area contributed by atoms with E-state index in [-0.39, 0.29) is 0 Å². The van der Waals surface area contributed by atoms with Gasteiger partial charge in [-0.25, -0.2) is 9.78 Å². The highest BCUT2D eigenvalue weighted by atomic mass is 16.5. The number of unbranched alkanes of at least 4 members (excludes halogenated alkanes) is 1. The number of anilines is 2. The third-order valence-corrected chi connectivity index (χ3v) is 5.68. The third-order valence-electron chi connectivity index (χ3n) is 5.68. The highest BCUT2D eigenvalue weighted by Gasteiger charge is 2.21. The van der Waals surface area contributed by atoms with Crippen LogP contribution in [0.3, 0.4) is 0 Å². The van der Waals surface area contributed by atoms with Crippen LogP contribution in [-0.2, 0) is 4.74 Å². The van der Waals surface area contributed by atoms with Crippen LogP contribution in [0.15, 0.2) is 12.1 Å². The summed E-state index contributed by atoms with van der Waals surface area (Å²) in [5.74, 6) is 3.86. The second-order valence-electron chi connectivity index (χ2n) is 7.92. The smallest absolute Gasteiger partial charge is 0.411 e. The standard InChI is InChI=1S/C22H34N4O2.C3H4.C2H6/c1-4-7-13-28-22(27)25-19-14-17-18(15-20(19)26(5-2)6-3)24-21(23-17)16-11-9-8-10-12-16;1-3-2;1-2/h14-16H,4-13H2,1-3H3,(H,23,24)(H,25,27);1H,2H3;1-2H3. The number of imidazole rings is 1. The largest absolute Gasteiger partial charge is 0.449 e. The number of benzene rings is 1. The Labute approximate surface area is 200 Å². The molecule has 0 bridgehead atoms. The van der Waals surface area contributed by atoms with E-state index in [2.05, 4.69) is 54.4 Å². The van der Waals surface area contributed by atoms with Gasteiger partial charge in [-0.15, -0.1) is 12.3 Å². The van der Waals surface area contributed by atoms with E-state index in [0.29, 0.717) is 12.5 Å². The van der Waals surface area contributed by atoms with Crippen LogP contribution in [0.2, 0.25) is 0 Å². The highest BCUT2D eigenvalue weighted by molar-refractivity contribution is 5.95. The number of ether oxygens (including phenoxy) is 1. The van der Waals surface area contributed by atoms with Crippen molar-refractivity contribution in [2.24, 2.45) is 0 Å². The van der Waals surface area contributed by atoms with Crippen molar-refractivity contribution >= 4 is 28.5 Å². The van der Waals surface area contributed by atoms with Gasteiger partial charge in [0, 0.05) is 19.0 Å². The van der Waals surface area contributed by atoms with Crippen molar-refractivity contribution in [2.45, 2.75) is 92.4 Å². The number of terminal acetylenes is 1. The van der Waals surface area contributed by atoms with Gasteiger partial charge in [0.15, 0.2) is 0 Å². The molecule has 33 heavy (non-hydrogen) atoms. The molecule has 1 fully saturated rings. The number of nitrogens with zero attached hydrogens (tertiary/aromatic N) is 2. The van der Waals surface area contributed by atoms with Crippen molar-refractivity contribution in [3.05, 3.63) is 18.0 Å². The third kappa shape index (κ3) is 8.64. The van der Waals surface area contributed by atoms with E-state index in [1.807, 2.05) is 19.9 Å². The maximum atomic E-state index is 12.2. The van der Waals surface area contributed by atoms with Crippen LogP contribution in [0.25, 0.3) is 11.0 Å². The fourth-order valence-corrected chi connectivity index (χ4v) is 4.02. The van der Waals surface area contributed by atoms with Gasteiger partial charge in [0.1, 0.15) is 5.82 Å². The summed E-state index contributed by atoms with van der Waals surface area (Å²) in [5, 5.41) is 2.95. The second-order valence-corrected chi connectivity index (χ2v) is 7.92. The minimum atomic E-state index is -0.395. The molecule has 184 valence electrons. The molecule has 0 aliphatic heterocycles. The lowest BCUT2D eigenvalue weighted by Gasteiger charge is -2.24. The summed E-state index contributed by atoms with van der Waals surface area (Å²) < 4.78 is 5.31. The molecule has 1 heterocycles. The molecule has 2 N–H and O–H groups in total. The maximum Gasteiger partial charge on any atom is 0.411 e. The lowest BCUT2D eigenvalue weighted by Crippen LogP contribution is -2.24. The Morgan fingerprint density at radius 1 is 1.21 bits per heavy atom. The molecule has 6 nitrogen and oxygen atoms in total. The van der Waals surface area contributed by atoms with Gasteiger partial charge in [-0.2, -0.15) is 0 Å². The number of aromatic nitrogens is 2. The molecule has 0 radical (unpaired) electrons. The van der Waals surface area contributed by atoms with Gasteiger partial charge in [-0.3, -0.25) is 5.32 Å². The first-order valence-electron chi connectivity index (χ1n) is 12.7. The van der Waals surface area contributed by atoms with Gasteiger partial charge in [0.05, 0.1) is 29.0 Å². The minimum absolute atomic E-state index is 0.395. The SMILES string of the molecule is C#CC.CC.CCCCOC(=O)Nc1cc2[nH]c(C3CCCCC3)nc2cc1N(CC)CC. The van der Waals surface area contributed by atoms with Crippen LogP contribution in [0.5, 0.6) is 0 Å². The summed E-state index contributed by atoms with van der Waals surface area (Å²) in [6, 6.07) is 4.09. The Balaban J connectivity index is 0.00000101. The Bertz CT molecular complexity index is 859. The molecule has 1 aliphatic rings. The van der Waals surface area contributed by atoms with E-state index < -0.39 is 6.09 Å². The number of carbonyl (C=O) groups excluding carboxylic acids is 1. The van der Waals surface area contributed by atoms with Crippen molar-refractivity contribution in [1.29, 1.82) is 0 Å². The molecule has 1 aromatic heterocycles. The second kappa shape index (κ2) is 16.0. The van der Waals surface area contributed by atoms with Crippen molar-refractivity contribution in [3.63, 3.8) is 0 Å². The summed E-state index contributed by atoms with van der Waals surface area (Å²) in [6.45, 7) is 14.1. The molecule has 0 saturated heterocycles. The van der Waals surface area contributed by atoms with Crippen LogP contribution < -0.4 is 10.2 Å². The van der Waals surface area contributed by atoms with Crippen LogP contribution >= 0.6 is 0 Å².